The van der Waals surface area contributed by atoms with Gasteiger partial charge in [0.2, 0.25) is 0 Å². The fraction of sp³-hybridized carbons (Fsp3) is 0.0588. The lowest BCUT2D eigenvalue weighted by atomic mass is 10.00. The minimum atomic E-state index is -0.788. The third-order valence-corrected chi connectivity index (χ3v) is 4.13. The molecule has 25 heavy (non-hydrogen) atoms. The van der Waals surface area contributed by atoms with Crippen molar-refractivity contribution in [3.63, 3.8) is 0 Å². The van der Waals surface area contributed by atoms with E-state index in [2.05, 4.69) is 4.99 Å². The Kier molecular flexibility index (Phi) is 6.45. The van der Waals surface area contributed by atoms with Crippen molar-refractivity contribution in [2.45, 2.75) is 0 Å². The first-order valence-electron chi connectivity index (χ1n) is 7.12. The van der Waals surface area contributed by atoms with Crippen LogP contribution in [-0.4, -0.2) is 18.2 Å². The molecule has 0 aliphatic heterocycles. The molecule has 0 aliphatic rings. The second-order valence-electron chi connectivity index (χ2n) is 5.02. The number of halogens is 3. The van der Waals surface area contributed by atoms with Crippen LogP contribution in [0.2, 0.25) is 15.1 Å². The molecule has 0 spiro atoms. The van der Waals surface area contributed by atoms with Gasteiger partial charge in [-0.3, -0.25) is 4.79 Å². The first-order chi connectivity index (χ1) is 11.8. The molecule has 0 aliphatic carbocycles. The van der Waals surface area contributed by atoms with Crippen molar-refractivity contribution in [2.24, 2.45) is 22.2 Å². The molecular formula is C17H15Cl3N4O. The fourth-order valence-corrected chi connectivity index (χ4v) is 2.67. The molecule has 0 atom stereocenters. The van der Waals surface area contributed by atoms with Crippen molar-refractivity contribution in [3.05, 3.63) is 74.4 Å². The summed E-state index contributed by atoms with van der Waals surface area (Å²) in [4.78, 5) is 16.0. The topological polar surface area (TPSA) is 107 Å². The first-order valence-corrected chi connectivity index (χ1v) is 8.25. The monoisotopic (exact) mass is 396 g/mol. The van der Waals surface area contributed by atoms with E-state index in [4.69, 9.17) is 52.0 Å². The predicted molar refractivity (Wildman–Crippen MR) is 104 cm³/mol. The highest BCUT2D eigenvalue weighted by molar-refractivity contribution is 6.36. The van der Waals surface area contributed by atoms with Gasteiger partial charge in [-0.05, 0) is 30.3 Å². The summed E-state index contributed by atoms with van der Waals surface area (Å²) in [5, 5.41) is 1.37. The minimum absolute atomic E-state index is 0.0402. The zero-order chi connectivity index (χ0) is 18.6. The number of nitrogens with zero attached hydrogens (tertiary/aromatic N) is 1. The average molecular weight is 398 g/mol. The van der Waals surface area contributed by atoms with Crippen LogP contribution in [0, 0.1) is 0 Å². The Morgan fingerprint density at radius 1 is 0.960 bits per heavy atom. The van der Waals surface area contributed by atoms with Crippen molar-refractivity contribution < 1.29 is 4.79 Å². The third kappa shape index (κ3) is 4.74. The van der Waals surface area contributed by atoms with E-state index in [1.807, 2.05) is 0 Å². The van der Waals surface area contributed by atoms with Crippen molar-refractivity contribution in [1.82, 2.24) is 0 Å². The van der Waals surface area contributed by atoms with E-state index in [0.717, 1.165) is 0 Å². The molecule has 2 aromatic carbocycles. The van der Waals surface area contributed by atoms with Gasteiger partial charge in [0, 0.05) is 27.7 Å². The normalized spacial score (nSPS) is 12.7. The number of aliphatic imine (C=N–C) groups is 1. The van der Waals surface area contributed by atoms with Gasteiger partial charge in [0.15, 0.2) is 0 Å². The summed E-state index contributed by atoms with van der Waals surface area (Å²) in [7, 11) is 0. The molecule has 6 N–H and O–H groups in total. The van der Waals surface area contributed by atoms with Crippen LogP contribution in [0.5, 0.6) is 0 Å². The molecule has 0 radical (unpaired) electrons. The zero-order valence-electron chi connectivity index (χ0n) is 13.0. The SMILES string of the molecule is NC/C(C(=Nc1ccc(Cl)cc1Cl)c1ccc(Cl)cc1)=C(/N)C(N)=O. The standard InChI is InChI=1S/C17H15Cl3N4O/c18-10-3-1-9(2-4-10)16(12(8-21)15(22)17(23)25)24-14-6-5-11(19)7-13(14)20/h1-7H,8,21-22H2,(H2,23,25)/b15-12-,24-16?. The van der Waals surface area contributed by atoms with Gasteiger partial charge in [-0.2, -0.15) is 0 Å². The lowest BCUT2D eigenvalue weighted by Crippen LogP contribution is -2.28. The van der Waals surface area contributed by atoms with Gasteiger partial charge in [-0.1, -0.05) is 46.9 Å². The maximum atomic E-state index is 11.5. The van der Waals surface area contributed by atoms with Crippen molar-refractivity contribution >= 4 is 52.1 Å². The Balaban J connectivity index is 2.71. The number of benzene rings is 2. The van der Waals surface area contributed by atoms with E-state index in [9.17, 15) is 4.79 Å². The van der Waals surface area contributed by atoms with Gasteiger partial charge in [0.05, 0.1) is 16.4 Å². The van der Waals surface area contributed by atoms with Crippen LogP contribution in [0.1, 0.15) is 5.56 Å². The maximum Gasteiger partial charge on any atom is 0.264 e. The van der Waals surface area contributed by atoms with Crippen LogP contribution in [0.4, 0.5) is 5.69 Å². The molecule has 0 heterocycles. The molecule has 0 saturated heterocycles. The molecule has 130 valence electrons. The summed E-state index contributed by atoms with van der Waals surface area (Å²) < 4.78 is 0. The van der Waals surface area contributed by atoms with Crippen LogP contribution in [0.3, 0.4) is 0 Å². The van der Waals surface area contributed by atoms with Gasteiger partial charge in [0.1, 0.15) is 5.70 Å². The number of carbonyl (C=O) groups is 1. The van der Waals surface area contributed by atoms with Gasteiger partial charge in [0.25, 0.3) is 5.91 Å². The van der Waals surface area contributed by atoms with Crippen LogP contribution in [0.15, 0.2) is 58.7 Å². The van der Waals surface area contributed by atoms with Crippen LogP contribution in [0.25, 0.3) is 0 Å². The van der Waals surface area contributed by atoms with Gasteiger partial charge >= 0.3 is 0 Å². The molecule has 1 amide bonds. The van der Waals surface area contributed by atoms with Crippen molar-refractivity contribution in [1.29, 1.82) is 0 Å². The Morgan fingerprint density at radius 2 is 1.56 bits per heavy atom. The summed E-state index contributed by atoms with van der Waals surface area (Å²) >= 11 is 18.0. The molecule has 0 fully saturated rings. The summed E-state index contributed by atoms with van der Waals surface area (Å²) in [5.41, 5.74) is 18.5. The van der Waals surface area contributed by atoms with E-state index in [0.29, 0.717) is 37.6 Å². The molecular weight excluding hydrogens is 383 g/mol. The molecule has 8 heteroatoms. The number of rotatable bonds is 5. The van der Waals surface area contributed by atoms with Crippen molar-refractivity contribution in [2.75, 3.05) is 6.54 Å². The predicted octanol–water partition coefficient (Wildman–Crippen LogP) is 3.42. The average Bonchev–Trinajstić information content (AvgIpc) is 2.57. The molecule has 0 aromatic heterocycles. The minimum Gasteiger partial charge on any atom is -0.394 e. The Hall–Kier alpha value is -2.05. The van der Waals surface area contributed by atoms with E-state index in [-0.39, 0.29) is 12.2 Å². The summed E-state index contributed by atoms with van der Waals surface area (Å²) in [6.45, 7) is -0.0402. The molecule has 0 saturated carbocycles. The van der Waals surface area contributed by atoms with E-state index < -0.39 is 5.91 Å². The molecule has 5 nitrogen and oxygen atoms in total. The van der Waals surface area contributed by atoms with E-state index in [1.165, 1.54) is 0 Å². The van der Waals surface area contributed by atoms with Gasteiger partial charge in [-0.25, -0.2) is 4.99 Å². The highest BCUT2D eigenvalue weighted by Crippen LogP contribution is 2.29. The number of primary amides is 1. The van der Waals surface area contributed by atoms with Crippen LogP contribution >= 0.6 is 34.8 Å². The van der Waals surface area contributed by atoms with E-state index in [1.54, 1.807) is 42.5 Å². The fourth-order valence-electron chi connectivity index (χ4n) is 2.09. The van der Waals surface area contributed by atoms with Gasteiger partial charge in [-0.15, -0.1) is 0 Å². The second kappa shape index (κ2) is 8.36. The quantitative estimate of drug-likeness (QED) is 0.531. The smallest absolute Gasteiger partial charge is 0.264 e. The largest absolute Gasteiger partial charge is 0.394 e. The molecule has 2 rings (SSSR count). The highest BCUT2D eigenvalue weighted by Gasteiger charge is 2.17. The number of carbonyl (C=O) groups excluding carboxylic acids is 1. The molecule has 0 unspecified atom stereocenters. The lowest BCUT2D eigenvalue weighted by Gasteiger charge is -2.13. The molecule has 2 aromatic rings. The third-order valence-electron chi connectivity index (χ3n) is 3.34. The number of hydrogen-bond acceptors (Lipinski definition) is 4. The summed E-state index contributed by atoms with van der Waals surface area (Å²) in [6, 6.07) is 11.7. The lowest BCUT2D eigenvalue weighted by molar-refractivity contribution is -0.114. The molecule has 0 bridgehead atoms. The van der Waals surface area contributed by atoms with Gasteiger partial charge < -0.3 is 17.2 Å². The Bertz CT molecular complexity index is 861. The highest BCUT2D eigenvalue weighted by atomic mass is 35.5. The van der Waals surface area contributed by atoms with Crippen LogP contribution < -0.4 is 17.2 Å². The van der Waals surface area contributed by atoms with E-state index >= 15 is 0 Å². The summed E-state index contributed by atoms with van der Waals surface area (Å²) in [6.07, 6.45) is 0. The summed E-state index contributed by atoms with van der Waals surface area (Å²) in [5.74, 6) is -0.788. The number of amides is 1. The van der Waals surface area contributed by atoms with Crippen LogP contribution in [-0.2, 0) is 4.79 Å². The second-order valence-corrected chi connectivity index (χ2v) is 6.30. The number of nitrogens with two attached hydrogens (primary N) is 3. The Morgan fingerprint density at radius 3 is 2.08 bits per heavy atom. The number of hydrogen-bond donors (Lipinski definition) is 3. The Labute approximate surface area is 160 Å². The maximum absolute atomic E-state index is 11.5. The first kappa shape index (κ1) is 19.3. The zero-order valence-corrected chi connectivity index (χ0v) is 15.2. The van der Waals surface area contributed by atoms with Crippen molar-refractivity contribution in [3.8, 4) is 0 Å².